The third kappa shape index (κ3) is 4.63. The van der Waals surface area contributed by atoms with Gasteiger partial charge in [-0.25, -0.2) is 17.2 Å². The standard InChI is InChI=1S/C23H25F2N3O4S/c1-16-4-7-18(8-5-16)33(31,32)28-10-2-3-21(28)23(30)27-13-11-26(12-14-27)22(29)17-6-9-19(24)20(25)15-17/h4-9,15,21H,2-3,10-14H2,1H3/t21-/m0/s1. The largest absolute Gasteiger partial charge is 0.338 e. The summed E-state index contributed by atoms with van der Waals surface area (Å²) in [7, 11) is -3.80. The fraction of sp³-hybridized carbons (Fsp3) is 0.391. The van der Waals surface area contributed by atoms with E-state index in [-0.39, 0.29) is 49.1 Å². The number of aryl methyl sites for hydroxylation is 1. The van der Waals surface area contributed by atoms with Crippen molar-refractivity contribution >= 4 is 21.8 Å². The molecule has 2 amide bonds. The van der Waals surface area contributed by atoms with Crippen LogP contribution in [-0.2, 0) is 14.8 Å². The molecule has 0 aliphatic carbocycles. The molecule has 7 nitrogen and oxygen atoms in total. The van der Waals surface area contributed by atoms with Crippen LogP contribution in [-0.4, -0.2) is 73.1 Å². The van der Waals surface area contributed by atoms with Crippen LogP contribution in [0.1, 0.15) is 28.8 Å². The Morgan fingerprint density at radius 1 is 0.879 bits per heavy atom. The van der Waals surface area contributed by atoms with Crippen LogP contribution in [0.2, 0.25) is 0 Å². The molecule has 2 fully saturated rings. The molecule has 0 spiro atoms. The lowest BCUT2D eigenvalue weighted by Gasteiger charge is -2.37. The maximum atomic E-state index is 13.5. The molecule has 2 saturated heterocycles. The van der Waals surface area contributed by atoms with Gasteiger partial charge in [0.05, 0.1) is 4.90 Å². The quantitative estimate of drug-likeness (QED) is 0.678. The lowest BCUT2D eigenvalue weighted by molar-refractivity contribution is -0.136. The number of hydrogen-bond acceptors (Lipinski definition) is 4. The zero-order chi connectivity index (χ0) is 23.8. The smallest absolute Gasteiger partial charge is 0.254 e. The van der Waals surface area contributed by atoms with Crippen LogP contribution in [0.3, 0.4) is 0 Å². The first-order valence-corrected chi connectivity index (χ1v) is 12.2. The molecule has 176 valence electrons. The number of piperazine rings is 1. The first-order valence-electron chi connectivity index (χ1n) is 10.8. The maximum absolute atomic E-state index is 13.5. The SMILES string of the molecule is Cc1ccc(S(=O)(=O)N2CCC[C@H]2C(=O)N2CCN(C(=O)c3ccc(F)c(F)c3)CC2)cc1. The van der Waals surface area contributed by atoms with Gasteiger partial charge in [-0.1, -0.05) is 17.7 Å². The molecule has 4 rings (SSSR count). The van der Waals surface area contributed by atoms with Gasteiger partial charge in [0.25, 0.3) is 5.91 Å². The third-order valence-electron chi connectivity index (χ3n) is 6.16. The van der Waals surface area contributed by atoms with Crippen molar-refractivity contribution < 1.29 is 26.8 Å². The van der Waals surface area contributed by atoms with Gasteiger partial charge in [0.2, 0.25) is 15.9 Å². The topological polar surface area (TPSA) is 78.0 Å². The number of sulfonamides is 1. The monoisotopic (exact) mass is 477 g/mol. The Balaban J connectivity index is 1.42. The number of halogens is 2. The van der Waals surface area contributed by atoms with E-state index in [0.717, 1.165) is 17.7 Å². The van der Waals surface area contributed by atoms with Crippen LogP contribution in [0.4, 0.5) is 8.78 Å². The predicted molar refractivity (Wildman–Crippen MR) is 117 cm³/mol. The van der Waals surface area contributed by atoms with Crippen LogP contribution in [0.15, 0.2) is 47.4 Å². The Kier molecular flexibility index (Phi) is 6.49. The van der Waals surface area contributed by atoms with E-state index in [1.165, 1.54) is 15.3 Å². The Labute approximate surface area is 191 Å². The van der Waals surface area contributed by atoms with Gasteiger partial charge in [0.15, 0.2) is 11.6 Å². The van der Waals surface area contributed by atoms with Gasteiger partial charge in [-0.3, -0.25) is 9.59 Å². The molecule has 1 atom stereocenters. The summed E-state index contributed by atoms with van der Waals surface area (Å²) < 4.78 is 54.2. The molecule has 0 radical (unpaired) electrons. The number of benzene rings is 2. The van der Waals surface area contributed by atoms with E-state index in [2.05, 4.69) is 0 Å². The van der Waals surface area contributed by atoms with Crippen LogP contribution < -0.4 is 0 Å². The molecule has 0 bridgehead atoms. The van der Waals surface area contributed by atoms with Crippen LogP contribution >= 0.6 is 0 Å². The zero-order valence-corrected chi connectivity index (χ0v) is 19.0. The van der Waals surface area contributed by atoms with Crippen molar-refractivity contribution in [2.45, 2.75) is 30.7 Å². The minimum atomic E-state index is -3.80. The van der Waals surface area contributed by atoms with Gasteiger partial charge in [-0.05, 0) is 50.1 Å². The fourth-order valence-electron chi connectivity index (χ4n) is 4.27. The molecular weight excluding hydrogens is 452 g/mol. The summed E-state index contributed by atoms with van der Waals surface area (Å²) in [4.78, 5) is 29.0. The van der Waals surface area contributed by atoms with E-state index in [0.29, 0.717) is 12.8 Å². The fourth-order valence-corrected chi connectivity index (χ4v) is 5.92. The minimum absolute atomic E-state index is 0.0415. The van der Waals surface area contributed by atoms with Crippen LogP contribution in [0.25, 0.3) is 0 Å². The summed E-state index contributed by atoms with van der Waals surface area (Å²) in [5, 5.41) is 0. The van der Waals surface area contributed by atoms with Crippen molar-refractivity contribution in [1.82, 2.24) is 14.1 Å². The maximum Gasteiger partial charge on any atom is 0.254 e. The minimum Gasteiger partial charge on any atom is -0.338 e. The van der Waals surface area contributed by atoms with Gasteiger partial charge in [-0.15, -0.1) is 0 Å². The van der Waals surface area contributed by atoms with Crippen molar-refractivity contribution in [2.75, 3.05) is 32.7 Å². The van der Waals surface area contributed by atoms with Crippen LogP contribution in [0.5, 0.6) is 0 Å². The highest BCUT2D eigenvalue weighted by Gasteiger charge is 2.41. The first kappa shape index (κ1) is 23.3. The predicted octanol–water partition coefficient (Wildman–Crippen LogP) is 2.41. The highest BCUT2D eigenvalue weighted by molar-refractivity contribution is 7.89. The Hall–Kier alpha value is -2.85. The summed E-state index contributed by atoms with van der Waals surface area (Å²) in [5.74, 6) is -2.83. The molecule has 10 heteroatoms. The number of rotatable bonds is 4. The van der Waals surface area contributed by atoms with E-state index in [1.54, 1.807) is 29.2 Å². The third-order valence-corrected chi connectivity index (χ3v) is 8.08. The van der Waals surface area contributed by atoms with Crippen LogP contribution in [0, 0.1) is 18.6 Å². The second kappa shape index (κ2) is 9.18. The molecule has 33 heavy (non-hydrogen) atoms. The second-order valence-electron chi connectivity index (χ2n) is 8.33. The molecule has 2 aromatic carbocycles. The van der Waals surface area contributed by atoms with Crippen molar-refractivity contribution in [3.63, 3.8) is 0 Å². The van der Waals surface area contributed by atoms with Gasteiger partial charge >= 0.3 is 0 Å². The van der Waals surface area contributed by atoms with Gasteiger partial charge in [0.1, 0.15) is 6.04 Å². The van der Waals surface area contributed by atoms with Crippen molar-refractivity contribution in [3.8, 4) is 0 Å². The van der Waals surface area contributed by atoms with E-state index >= 15 is 0 Å². The Morgan fingerprint density at radius 2 is 1.52 bits per heavy atom. The van der Waals surface area contributed by atoms with Gasteiger partial charge < -0.3 is 9.80 Å². The van der Waals surface area contributed by atoms with Gasteiger partial charge in [0, 0.05) is 38.3 Å². The Bertz CT molecular complexity index is 1160. The van der Waals surface area contributed by atoms with E-state index in [1.807, 2.05) is 6.92 Å². The number of hydrogen-bond donors (Lipinski definition) is 0. The number of nitrogens with zero attached hydrogens (tertiary/aromatic N) is 3. The van der Waals surface area contributed by atoms with Crippen molar-refractivity contribution in [1.29, 1.82) is 0 Å². The first-order chi connectivity index (χ1) is 15.7. The number of amides is 2. The lowest BCUT2D eigenvalue weighted by atomic mass is 10.1. The molecule has 2 aliphatic rings. The molecule has 2 aliphatic heterocycles. The summed E-state index contributed by atoms with van der Waals surface area (Å²) in [6.45, 7) is 3.07. The molecule has 0 N–H and O–H groups in total. The summed E-state index contributed by atoms with van der Waals surface area (Å²) in [5.41, 5.74) is 0.985. The second-order valence-corrected chi connectivity index (χ2v) is 10.2. The summed E-state index contributed by atoms with van der Waals surface area (Å²) in [6.07, 6.45) is 1.04. The average molecular weight is 478 g/mol. The number of carbonyl (C=O) groups is 2. The van der Waals surface area contributed by atoms with E-state index < -0.39 is 33.6 Å². The molecule has 2 heterocycles. The highest BCUT2D eigenvalue weighted by Crippen LogP contribution is 2.28. The highest BCUT2D eigenvalue weighted by atomic mass is 32.2. The number of carbonyl (C=O) groups excluding carboxylic acids is 2. The lowest BCUT2D eigenvalue weighted by Crippen LogP contribution is -2.55. The molecular formula is C23H25F2N3O4S. The molecule has 0 saturated carbocycles. The summed E-state index contributed by atoms with van der Waals surface area (Å²) >= 11 is 0. The summed E-state index contributed by atoms with van der Waals surface area (Å²) in [6, 6.07) is 8.77. The Morgan fingerprint density at radius 3 is 2.15 bits per heavy atom. The molecule has 2 aromatic rings. The normalized spacial score (nSPS) is 19.7. The molecule has 0 aromatic heterocycles. The van der Waals surface area contributed by atoms with E-state index in [4.69, 9.17) is 0 Å². The van der Waals surface area contributed by atoms with E-state index in [9.17, 15) is 26.8 Å². The molecule has 0 unspecified atom stereocenters. The van der Waals surface area contributed by atoms with Gasteiger partial charge in [-0.2, -0.15) is 4.31 Å². The zero-order valence-electron chi connectivity index (χ0n) is 18.2. The average Bonchev–Trinajstić information content (AvgIpc) is 3.31. The van der Waals surface area contributed by atoms with Crippen molar-refractivity contribution in [3.05, 3.63) is 65.2 Å². The van der Waals surface area contributed by atoms with Crippen molar-refractivity contribution in [2.24, 2.45) is 0 Å².